The number of rotatable bonds is 9. The zero-order valence-electron chi connectivity index (χ0n) is 24.6. The zero-order valence-corrected chi connectivity index (χ0v) is 24.6. The standard InChI is InChI=1S/C33H41N5O4/c1-33(2,3)25-13-15-26(16-14-25)36-32(41)31(35-22-30(40)38-18-20-42-21-19-38)24-11-8-23(9-12-24)10-17-29(39)37-28-7-5-4-6-27(28)34/h5,7-17,31,35H,4,6,18-22,34H2,1-3H3,(H,36,41)(H,37,39)/b17-10+. The molecular weight excluding hydrogens is 530 g/mol. The maximum absolute atomic E-state index is 13.5. The number of nitrogens with one attached hydrogen (secondary N) is 3. The van der Waals surface area contributed by atoms with E-state index in [0.717, 1.165) is 18.4 Å². The molecule has 222 valence electrons. The van der Waals surface area contributed by atoms with Gasteiger partial charge in [-0.2, -0.15) is 0 Å². The van der Waals surface area contributed by atoms with Crippen molar-refractivity contribution in [2.75, 3.05) is 38.2 Å². The van der Waals surface area contributed by atoms with E-state index in [4.69, 9.17) is 10.5 Å². The molecule has 0 saturated carbocycles. The molecule has 9 nitrogen and oxygen atoms in total. The van der Waals surface area contributed by atoms with E-state index in [2.05, 4.69) is 36.7 Å². The van der Waals surface area contributed by atoms with Crippen molar-refractivity contribution in [1.29, 1.82) is 0 Å². The average molecular weight is 572 g/mol. The predicted molar refractivity (Wildman–Crippen MR) is 165 cm³/mol. The number of nitrogens with zero attached hydrogens (tertiary/aromatic N) is 1. The van der Waals surface area contributed by atoms with Crippen molar-refractivity contribution in [3.05, 3.63) is 94.8 Å². The molecule has 2 aromatic rings. The number of ether oxygens (including phenoxy) is 1. The molecule has 9 heteroatoms. The molecule has 1 aliphatic carbocycles. The minimum absolute atomic E-state index is 0.000905. The van der Waals surface area contributed by atoms with Crippen LogP contribution in [0, 0.1) is 0 Å². The first-order valence-electron chi connectivity index (χ1n) is 14.3. The van der Waals surface area contributed by atoms with Crippen LogP contribution in [0.2, 0.25) is 0 Å². The summed E-state index contributed by atoms with van der Waals surface area (Å²) < 4.78 is 5.35. The maximum atomic E-state index is 13.5. The molecule has 2 aliphatic rings. The van der Waals surface area contributed by atoms with Gasteiger partial charge in [0, 0.05) is 30.5 Å². The van der Waals surface area contributed by atoms with Crippen molar-refractivity contribution in [3.8, 4) is 0 Å². The molecule has 0 radical (unpaired) electrons. The average Bonchev–Trinajstić information content (AvgIpc) is 2.98. The first-order chi connectivity index (χ1) is 20.1. The highest BCUT2D eigenvalue weighted by Crippen LogP contribution is 2.24. The fourth-order valence-corrected chi connectivity index (χ4v) is 4.69. The Bertz CT molecular complexity index is 1350. The van der Waals surface area contributed by atoms with Crippen LogP contribution in [0.1, 0.15) is 56.3 Å². The minimum atomic E-state index is -0.772. The normalized spacial score (nSPS) is 16.4. The fraction of sp³-hybridized carbons (Fsp3) is 0.364. The summed E-state index contributed by atoms with van der Waals surface area (Å²) in [4.78, 5) is 40.5. The molecule has 0 spiro atoms. The number of morpholine rings is 1. The first-order valence-corrected chi connectivity index (χ1v) is 14.3. The van der Waals surface area contributed by atoms with Crippen LogP contribution in [0.25, 0.3) is 6.08 Å². The number of nitrogens with two attached hydrogens (primary N) is 1. The van der Waals surface area contributed by atoms with Gasteiger partial charge < -0.3 is 26.0 Å². The lowest BCUT2D eigenvalue weighted by atomic mass is 9.87. The van der Waals surface area contributed by atoms with Gasteiger partial charge in [-0.25, -0.2) is 0 Å². The largest absolute Gasteiger partial charge is 0.400 e. The second-order valence-electron chi connectivity index (χ2n) is 11.5. The Labute approximate surface area is 247 Å². The molecule has 0 bridgehead atoms. The number of anilines is 1. The zero-order chi connectivity index (χ0) is 30.1. The summed E-state index contributed by atoms with van der Waals surface area (Å²) in [6.45, 7) is 8.51. The van der Waals surface area contributed by atoms with E-state index in [0.29, 0.717) is 48.9 Å². The molecule has 1 fully saturated rings. The number of hydrogen-bond acceptors (Lipinski definition) is 6. The Balaban J connectivity index is 1.45. The van der Waals surface area contributed by atoms with Crippen molar-refractivity contribution < 1.29 is 19.1 Å². The van der Waals surface area contributed by atoms with Crippen LogP contribution in [0.5, 0.6) is 0 Å². The van der Waals surface area contributed by atoms with Crippen molar-refractivity contribution in [3.63, 3.8) is 0 Å². The molecule has 0 aromatic heterocycles. The van der Waals surface area contributed by atoms with Gasteiger partial charge >= 0.3 is 0 Å². The first kappa shape index (κ1) is 30.7. The van der Waals surface area contributed by atoms with E-state index in [1.807, 2.05) is 60.7 Å². The minimum Gasteiger partial charge on any atom is -0.400 e. The third kappa shape index (κ3) is 8.64. The molecule has 42 heavy (non-hydrogen) atoms. The van der Waals surface area contributed by atoms with Gasteiger partial charge in [-0.1, -0.05) is 63.2 Å². The molecule has 1 aliphatic heterocycles. The SMILES string of the molecule is CC(C)(C)c1ccc(NC(=O)C(NCC(=O)N2CCOCC2)c2ccc(/C=C/C(=O)NC3=C(N)CCC=C3)cc2)cc1. The van der Waals surface area contributed by atoms with Gasteiger partial charge in [0.25, 0.3) is 0 Å². The molecule has 2 aromatic carbocycles. The van der Waals surface area contributed by atoms with Crippen LogP contribution in [0.3, 0.4) is 0 Å². The maximum Gasteiger partial charge on any atom is 0.248 e. The number of amides is 3. The molecular formula is C33H41N5O4. The van der Waals surface area contributed by atoms with Gasteiger partial charge in [-0.3, -0.25) is 19.7 Å². The van der Waals surface area contributed by atoms with E-state index >= 15 is 0 Å². The monoisotopic (exact) mass is 571 g/mol. The van der Waals surface area contributed by atoms with Gasteiger partial charge in [0.1, 0.15) is 6.04 Å². The Morgan fingerprint density at radius 3 is 2.33 bits per heavy atom. The molecule has 1 unspecified atom stereocenters. The smallest absolute Gasteiger partial charge is 0.248 e. The van der Waals surface area contributed by atoms with Gasteiger partial charge in [-0.05, 0) is 59.2 Å². The molecule has 1 saturated heterocycles. The van der Waals surface area contributed by atoms with Crippen LogP contribution in [-0.4, -0.2) is 55.5 Å². The highest BCUT2D eigenvalue weighted by molar-refractivity contribution is 5.96. The molecule has 1 heterocycles. The molecule has 4 rings (SSSR count). The lowest BCUT2D eigenvalue weighted by Gasteiger charge is -2.28. The summed E-state index contributed by atoms with van der Waals surface area (Å²) in [5.74, 6) is -0.635. The number of carbonyl (C=O) groups excluding carboxylic acids is 3. The van der Waals surface area contributed by atoms with E-state index in [9.17, 15) is 14.4 Å². The summed E-state index contributed by atoms with van der Waals surface area (Å²) in [5, 5.41) is 8.95. The fourth-order valence-electron chi connectivity index (χ4n) is 4.69. The van der Waals surface area contributed by atoms with E-state index in [1.165, 1.54) is 11.6 Å². The molecule has 1 atom stereocenters. The number of allylic oxidation sites excluding steroid dienone is 3. The second-order valence-corrected chi connectivity index (χ2v) is 11.5. The van der Waals surface area contributed by atoms with Crippen LogP contribution >= 0.6 is 0 Å². The topological polar surface area (TPSA) is 126 Å². The highest BCUT2D eigenvalue weighted by Gasteiger charge is 2.24. The van der Waals surface area contributed by atoms with Gasteiger partial charge in [0.05, 0.1) is 25.5 Å². The Morgan fingerprint density at radius 2 is 1.69 bits per heavy atom. The number of benzene rings is 2. The van der Waals surface area contributed by atoms with Gasteiger partial charge in [-0.15, -0.1) is 0 Å². The lowest BCUT2D eigenvalue weighted by Crippen LogP contribution is -2.46. The van der Waals surface area contributed by atoms with Gasteiger partial charge in [0.15, 0.2) is 0 Å². The number of hydrogen-bond donors (Lipinski definition) is 4. The molecule has 3 amide bonds. The van der Waals surface area contributed by atoms with Crippen molar-refractivity contribution >= 4 is 29.5 Å². The quantitative estimate of drug-likeness (QED) is 0.340. The van der Waals surface area contributed by atoms with E-state index in [1.54, 1.807) is 11.0 Å². The van der Waals surface area contributed by atoms with Crippen molar-refractivity contribution in [2.24, 2.45) is 5.73 Å². The Morgan fingerprint density at radius 1 is 1.00 bits per heavy atom. The van der Waals surface area contributed by atoms with Crippen LogP contribution in [0.15, 0.2) is 78.2 Å². The third-order valence-electron chi connectivity index (χ3n) is 7.27. The van der Waals surface area contributed by atoms with Gasteiger partial charge in [0.2, 0.25) is 17.7 Å². The van der Waals surface area contributed by atoms with Crippen molar-refractivity contribution in [1.82, 2.24) is 15.5 Å². The van der Waals surface area contributed by atoms with Crippen LogP contribution < -0.4 is 21.7 Å². The van der Waals surface area contributed by atoms with Crippen LogP contribution in [0.4, 0.5) is 5.69 Å². The predicted octanol–water partition coefficient (Wildman–Crippen LogP) is 3.76. The third-order valence-corrected chi connectivity index (χ3v) is 7.27. The summed E-state index contributed by atoms with van der Waals surface area (Å²) in [7, 11) is 0. The Hall–Kier alpha value is -4.21. The summed E-state index contributed by atoms with van der Waals surface area (Å²) in [6.07, 6.45) is 8.53. The lowest BCUT2D eigenvalue weighted by molar-refractivity contribution is -0.134. The van der Waals surface area contributed by atoms with E-state index < -0.39 is 6.04 Å². The summed E-state index contributed by atoms with van der Waals surface area (Å²) >= 11 is 0. The van der Waals surface area contributed by atoms with E-state index in [-0.39, 0.29) is 29.7 Å². The number of carbonyl (C=O) groups is 3. The summed E-state index contributed by atoms with van der Waals surface area (Å²) in [5.41, 5.74) is 10.6. The summed E-state index contributed by atoms with van der Waals surface area (Å²) in [6, 6.07) is 14.3. The highest BCUT2D eigenvalue weighted by atomic mass is 16.5. The van der Waals surface area contributed by atoms with Crippen LogP contribution in [-0.2, 0) is 24.5 Å². The second kappa shape index (κ2) is 14.1. The van der Waals surface area contributed by atoms with Crippen molar-refractivity contribution in [2.45, 2.75) is 45.1 Å². The molecule has 5 N–H and O–H groups in total. The Kier molecular flexibility index (Phi) is 10.3.